The first-order valence-corrected chi connectivity index (χ1v) is 8.66. The molecule has 1 aromatic heterocycles. The number of amides is 1. The summed E-state index contributed by atoms with van der Waals surface area (Å²) in [4.78, 5) is 26.0. The third-order valence-corrected chi connectivity index (χ3v) is 4.59. The first-order valence-electron chi connectivity index (χ1n) is 7.51. The van der Waals surface area contributed by atoms with Crippen LogP contribution in [0.2, 0.25) is 0 Å². The maximum atomic E-state index is 13.5. The van der Waals surface area contributed by atoms with Crippen molar-refractivity contribution in [3.63, 3.8) is 0 Å². The number of hydrogen-bond acceptors (Lipinski definition) is 5. The van der Waals surface area contributed by atoms with E-state index in [1.807, 2.05) is 0 Å². The highest BCUT2D eigenvalue weighted by Gasteiger charge is 2.21. The molecule has 0 aliphatic carbocycles. The lowest BCUT2D eigenvalue weighted by Crippen LogP contribution is -2.38. The quantitative estimate of drug-likeness (QED) is 0.849. The zero-order valence-electron chi connectivity index (χ0n) is 12.9. The van der Waals surface area contributed by atoms with Crippen LogP contribution in [0.3, 0.4) is 0 Å². The van der Waals surface area contributed by atoms with Crippen LogP contribution in [0.15, 0.2) is 45.8 Å². The number of thioether (sulfide) groups is 1. The monoisotopic (exact) mass is 349 g/mol. The van der Waals surface area contributed by atoms with Crippen molar-refractivity contribution in [2.75, 3.05) is 24.6 Å². The van der Waals surface area contributed by atoms with Crippen LogP contribution < -0.4 is 10.2 Å². The zero-order chi connectivity index (χ0) is 16.9. The van der Waals surface area contributed by atoms with E-state index in [0.717, 1.165) is 23.8 Å². The SMILES string of the molecule is O=C(c1cc(=O)c(OCc2ccccc2F)co1)N1CCSCC1. The predicted octanol–water partition coefficient (Wildman–Crippen LogP) is 2.55. The normalized spacial score (nSPS) is 14.5. The van der Waals surface area contributed by atoms with Gasteiger partial charge in [-0.2, -0.15) is 11.8 Å². The molecule has 2 aromatic rings. The molecule has 126 valence electrons. The second-order valence-corrected chi connectivity index (χ2v) is 6.48. The van der Waals surface area contributed by atoms with Crippen molar-refractivity contribution in [3.05, 3.63) is 64.0 Å². The molecule has 1 aliphatic heterocycles. The number of hydrogen-bond donors (Lipinski definition) is 0. The first-order chi connectivity index (χ1) is 11.6. The molecule has 1 aromatic carbocycles. The Morgan fingerprint density at radius 1 is 1.29 bits per heavy atom. The van der Waals surface area contributed by atoms with Gasteiger partial charge in [-0.1, -0.05) is 18.2 Å². The van der Waals surface area contributed by atoms with Gasteiger partial charge >= 0.3 is 0 Å². The molecule has 0 atom stereocenters. The van der Waals surface area contributed by atoms with Gasteiger partial charge in [-0.05, 0) is 6.07 Å². The summed E-state index contributed by atoms with van der Waals surface area (Å²) in [5, 5.41) is 0. The molecular formula is C17H16FNO4S. The summed E-state index contributed by atoms with van der Waals surface area (Å²) in [5.74, 6) is 0.985. The summed E-state index contributed by atoms with van der Waals surface area (Å²) in [6.45, 7) is 1.19. The Hall–Kier alpha value is -2.28. The lowest BCUT2D eigenvalue weighted by Gasteiger charge is -2.25. The van der Waals surface area contributed by atoms with Crippen molar-refractivity contribution in [1.29, 1.82) is 0 Å². The Balaban J connectivity index is 1.69. The molecule has 1 saturated heterocycles. The van der Waals surface area contributed by atoms with E-state index in [4.69, 9.17) is 9.15 Å². The summed E-state index contributed by atoms with van der Waals surface area (Å²) in [7, 11) is 0. The second kappa shape index (κ2) is 7.53. The first kappa shape index (κ1) is 16.6. The van der Waals surface area contributed by atoms with Crippen LogP contribution in [0, 0.1) is 5.82 Å². The average Bonchev–Trinajstić information content (AvgIpc) is 2.62. The molecule has 24 heavy (non-hydrogen) atoms. The fourth-order valence-electron chi connectivity index (χ4n) is 2.31. The molecule has 0 saturated carbocycles. The van der Waals surface area contributed by atoms with Gasteiger partial charge in [0.05, 0.1) is 0 Å². The number of halogens is 1. The van der Waals surface area contributed by atoms with Gasteiger partial charge in [0.2, 0.25) is 11.2 Å². The Labute approximate surface area is 142 Å². The average molecular weight is 349 g/mol. The molecule has 0 radical (unpaired) electrons. The van der Waals surface area contributed by atoms with Gasteiger partial charge in [-0.25, -0.2) is 4.39 Å². The van der Waals surface area contributed by atoms with Crippen LogP contribution in [-0.2, 0) is 6.61 Å². The van der Waals surface area contributed by atoms with Gasteiger partial charge in [0.1, 0.15) is 18.7 Å². The summed E-state index contributed by atoms with van der Waals surface area (Å²) in [6, 6.07) is 7.28. The predicted molar refractivity (Wildman–Crippen MR) is 88.9 cm³/mol. The summed E-state index contributed by atoms with van der Waals surface area (Å²) < 4.78 is 24.1. The molecule has 1 aliphatic rings. The third kappa shape index (κ3) is 3.79. The highest BCUT2D eigenvalue weighted by atomic mass is 32.2. The summed E-state index contributed by atoms with van der Waals surface area (Å²) >= 11 is 1.79. The molecule has 0 bridgehead atoms. The van der Waals surface area contributed by atoms with Gasteiger partial charge in [-0.3, -0.25) is 9.59 Å². The van der Waals surface area contributed by atoms with Gasteiger partial charge in [0.25, 0.3) is 5.91 Å². The minimum atomic E-state index is -0.465. The highest BCUT2D eigenvalue weighted by molar-refractivity contribution is 7.99. The Kier molecular flexibility index (Phi) is 5.20. The van der Waals surface area contributed by atoms with E-state index >= 15 is 0 Å². The minimum Gasteiger partial charge on any atom is -0.482 e. The number of benzene rings is 1. The molecule has 0 spiro atoms. The molecule has 1 fully saturated rings. The fraction of sp³-hybridized carbons (Fsp3) is 0.294. The number of carbonyl (C=O) groups is 1. The fourth-order valence-corrected chi connectivity index (χ4v) is 3.21. The van der Waals surface area contributed by atoms with Crippen molar-refractivity contribution in [1.82, 2.24) is 4.90 Å². The molecule has 3 rings (SSSR count). The van der Waals surface area contributed by atoms with Gasteiger partial charge in [-0.15, -0.1) is 0 Å². The Morgan fingerprint density at radius 2 is 2.04 bits per heavy atom. The number of carbonyl (C=O) groups excluding carboxylic acids is 1. The minimum absolute atomic E-state index is 0.00913. The topological polar surface area (TPSA) is 59.8 Å². The molecule has 0 unspecified atom stereocenters. The van der Waals surface area contributed by atoms with Gasteiger partial charge < -0.3 is 14.1 Å². The van der Waals surface area contributed by atoms with Crippen LogP contribution in [-0.4, -0.2) is 35.4 Å². The van der Waals surface area contributed by atoms with Crippen molar-refractivity contribution < 1.29 is 18.3 Å². The lowest BCUT2D eigenvalue weighted by atomic mass is 10.2. The summed E-state index contributed by atoms with van der Waals surface area (Å²) in [5.41, 5.74) is -0.129. The van der Waals surface area contributed by atoms with Gasteiger partial charge in [0, 0.05) is 36.2 Å². The largest absolute Gasteiger partial charge is 0.482 e. The van der Waals surface area contributed by atoms with E-state index in [0.29, 0.717) is 18.7 Å². The van der Waals surface area contributed by atoms with E-state index < -0.39 is 11.2 Å². The molecule has 7 heteroatoms. The lowest BCUT2D eigenvalue weighted by molar-refractivity contribution is 0.0736. The van der Waals surface area contributed by atoms with Crippen LogP contribution >= 0.6 is 11.8 Å². The second-order valence-electron chi connectivity index (χ2n) is 5.26. The van der Waals surface area contributed by atoms with E-state index in [1.54, 1.807) is 34.9 Å². The Bertz CT molecular complexity index is 786. The molecule has 5 nitrogen and oxygen atoms in total. The van der Waals surface area contributed by atoms with Crippen molar-refractivity contribution in [3.8, 4) is 5.75 Å². The van der Waals surface area contributed by atoms with E-state index in [2.05, 4.69) is 0 Å². The maximum absolute atomic E-state index is 13.5. The van der Waals surface area contributed by atoms with Crippen molar-refractivity contribution in [2.24, 2.45) is 0 Å². The molecular weight excluding hydrogens is 333 g/mol. The highest BCUT2D eigenvalue weighted by Crippen LogP contribution is 2.15. The number of ether oxygens (including phenoxy) is 1. The third-order valence-electron chi connectivity index (χ3n) is 3.65. The number of rotatable bonds is 4. The molecule has 1 amide bonds. The molecule has 0 N–H and O–H groups in total. The van der Waals surface area contributed by atoms with Gasteiger partial charge in [0.15, 0.2) is 5.76 Å². The standard InChI is InChI=1S/C17H16FNO4S/c18-13-4-2-1-3-12(13)10-22-16-11-23-15(9-14(16)20)17(21)19-5-7-24-8-6-19/h1-4,9,11H,5-8,10H2. The van der Waals surface area contributed by atoms with Crippen LogP contribution in [0.5, 0.6) is 5.75 Å². The smallest absolute Gasteiger partial charge is 0.289 e. The van der Waals surface area contributed by atoms with Crippen molar-refractivity contribution >= 4 is 17.7 Å². The zero-order valence-corrected chi connectivity index (χ0v) is 13.7. The molecule has 2 heterocycles. The van der Waals surface area contributed by atoms with E-state index in [9.17, 15) is 14.0 Å². The number of nitrogens with zero attached hydrogens (tertiary/aromatic N) is 1. The maximum Gasteiger partial charge on any atom is 0.289 e. The van der Waals surface area contributed by atoms with Crippen LogP contribution in [0.1, 0.15) is 16.1 Å². The van der Waals surface area contributed by atoms with Crippen LogP contribution in [0.4, 0.5) is 4.39 Å². The van der Waals surface area contributed by atoms with E-state index in [-0.39, 0.29) is 24.0 Å². The van der Waals surface area contributed by atoms with Crippen LogP contribution in [0.25, 0.3) is 0 Å². The Morgan fingerprint density at radius 3 is 2.75 bits per heavy atom. The van der Waals surface area contributed by atoms with E-state index in [1.165, 1.54) is 6.07 Å². The summed E-state index contributed by atoms with van der Waals surface area (Å²) in [6.07, 6.45) is 1.11. The van der Waals surface area contributed by atoms with Crippen molar-refractivity contribution in [2.45, 2.75) is 6.61 Å².